The number of hydrogen-bond donors (Lipinski definition) is 2. The summed E-state index contributed by atoms with van der Waals surface area (Å²) in [5, 5.41) is 7.68. The summed E-state index contributed by atoms with van der Waals surface area (Å²) in [5.41, 5.74) is 0.329. The third-order valence-corrected chi connectivity index (χ3v) is 4.80. The van der Waals surface area contributed by atoms with Crippen LogP contribution in [0.5, 0.6) is 0 Å². The minimum absolute atomic E-state index is 0.118. The van der Waals surface area contributed by atoms with Crippen LogP contribution in [0, 0.1) is 0 Å². The number of thiazole rings is 1. The van der Waals surface area contributed by atoms with Gasteiger partial charge in [-0.2, -0.15) is 13.2 Å². The summed E-state index contributed by atoms with van der Waals surface area (Å²) in [4.78, 5) is 10.1. The SMILES string of the molecule is CCNC(=NCc1nc(C(F)(F)F)cs1)NCCCCN(C)c1ccccc1. The van der Waals surface area contributed by atoms with Gasteiger partial charge in [0.25, 0.3) is 0 Å². The largest absolute Gasteiger partial charge is 0.434 e. The molecule has 1 aromatic carbocycles. The number of aliphatic imine (C=N–C) groups is 1. The number of aromatic nitrogens is 1. The van der Waals surface area contributed by atoms with Crippen LogP contribution in [0.4, 0.5) is 18.9 Å². The van der Waals surface area contributed by atoms with E-state index in [-0.39, 0.29) is 6.54 Å². The van der Waals surface area contributed by atoms with E-state index in [1.807, 2.05) is 25.1 Å². The molecular formula is C19H26F3N5S. The summed E-state index contributed by atoms with van der Waals surface area (Å²) in [5.74, 6) is 0.586. The lowest BCUT2D eigenvalue weighted by Crippen LogP contribution is -2.38. The molecule has 0 aliphatic carbocycles. The Morgan fingerprint density at radius 2 is 1.93 bits per heavy atom. The third-order valence-electron chi connectivity index (χ3n) is 3.97. The van der Waals surface area contributed by atoms with Crippen LogP contribution in [0.15, 0.2) is 40.7 Å². The Bertz CT molecular complexity index is 731. The third kappa shape index (κ3) is 7.38. The first-order valence-corrected chi connectivity index (χ1v) is 10.1. The van der Waals surface area contributed by atoms with Gasteiger partial charge in [0, 0.05) is 37.7 Å². The fourth-order valence-electron chi connectivity index (χ4n) is 2.49. The topological polar surface area (TPSA) is 52.6 Å². The number of halogens is 3. The zero-order valence-corrected chi connectivity index (χ0v) is 16.9. The maximum Gasteiger partial charge on any atom is 0.434 e. The lowest BCUT2D eigenvalue weighted by molar-refractivity contribution is -0.140. The molecule has 2 rings (SSSR count). The Morgan fingerprint density at radius 1 is 1.18 bits per heavy atom. The monoisotopic (exact) mass is 413 g/mol. The van der Waals surface area contributed by atoms with Crippen molar-refractivity contribution in [2.75, 3.05) is 31.6 Å². The van der Waals surface area contributed by atoms with E-state index >= 15 is 0 Å². The Morgan fingerprint density at radius 3 is 2.57 bits per heavy atom. The first kappa shape index (κ1) is 22.0. The van der Waals surface area contributed by atoms with Crippen molar-refractivity contribution >= 4 is 23.0 Å². The van der Waals surface area contributed by atoms with E-state index in [2.05, 4.69) is 44.7 Å². The second-order valence-electron chi connectivity index (χ2n) is 6.21. The molecule has 0 saturated heterocycles. The van der Waals surface area contributed by atoms with Gasteiger partial charge >= 0.3 is 6.18 Å². The van der Waals surface area contributed by atoms with Crippen molar-refractivity contribution in [2.45, 2.75) is 32.5 Å². The van der Waals surface area contributed by atoms with Crippen molar-refractivity contribution in [1.82, 2.24) is 15.6 Å². The van der Waals surface area contributed by atoms with Crippen molar-refractivity contribution in [3.8, 4) is 0 Å². The van der Waals surface area contributed by atoms with Gasteiger partial charge in [-0.15, -0.1) is 11.3 Å². The molecular weight excluding hydrogens is 387 g/mol. The van der Waals surface area contributed by atoms with Gasteiger partial charge in [-0.1, -0.05) is 18.2 Å². The average molecular weight is 414 g/mol. The number of unbranched alkanes of at least 4 members (excludes halogenated alkanes) is 1. The van der Waals surface area contributed by atoms with Gasteiger partial charge < -0.3 is 15.5 Å². The molecule has 5 nitrogen and oxygen atoms in total. The van der Waals surface area contributed by atoms with Gasteiger partial charge in [0.1, 0.15) is 5.01 Å². The van der Waals surface area contributed by atoms with Gasteiger partial charge in [-0.05, 0) is 31.9 Å². The summed E-state index contributed by atoms with van der Waals surface area (Å²) in [6.45, 7) is 4.41. The Balaban J connectivity index is 1.74. The number of benzene rings is 1. The molecule has 2 N–H and O–H groups in total. The van der Waals surface area contributed by atoms with Crippen molar-refractivity contribution in [2.24, 2.45) is 4.99 Å². The predicted octanol–water partition coefficient (Wildman–Crippen LogP) is 4.13. The van der Waals surface area contributed by atoms with Gasteiger partial charge in [0.15, 0.2) is 11.7 Å². The molecule has 154 valence electrons. The maximum absolute atomic E-state index is 12.6. The number of hydrogen-bond acceptors (Lipinski definition) is 4. The Labute approximate surface area is 167 Å². The van der Waals surface area contributed by atoms with Crippen LogP contribution in [-0.4, -0.2) is 37.6 Å². The molecule has 0 bridgehead atoms. The average Bonchev–Trinajstić information content (AvgIpc) is 3.16. The molecule has 0 atom stereocenters. The molecule has 1 aromatic heterocycles. The van der Waals surface area contributed by atoms with E-state index in [1.54, 1.807) is 0 Å². The minimum atomic E-state index is -4.41. The highest BCUT2D eigenvalue weighted by atomic mass is 32.1. The van der Waals surface area contributed by atoms with Crippen LogP contribution in [0.2, 0.25) is 0 Å². The van der Waals surface area contributed by atoms with Crippen LogP contribution in [-0.2, 0) is 12.7 Å². The van der Waals surface area contributed by atoms with Gasteiger partial charge in [0.2, 0.25) is 0 Å². The molecule has 0 aliphatic rings. The predicted molar refractivity (Wildman–Crippen MR) is 109 cm³/mol. The maximum atomic E-state index is 12.6. The van der Waals surface area contributed by atoms with Crippen LogP contribution in [0.3, 0.4) is 0 Å². The first-order valence-electron chi connectivity index (χ1n) is 9.20. The van der Waals surface area contributed by atoms with Crippen molar-refractivity contribution < 1.29 is 13.2 Å². The van der Waals surface area contributed by atoms with Gasteiger partial charge in [-0.3, -0.25) is 0 Å². The van der Waals surface area contributed by atoms with E-state index in [1.165, 1.54) is 5.69 Å². The van der Waals surface area contributed by atoms with Gasteiger partial charge in [-0.25, -0.2) is 9.98 Å². The Kier molecular flexibility index (Phi) is 8.56. The fraction of sp³-hybridized carbons (Fsp3) is 0.474. The number of alkyl halides is 3. The Hall–Kier alpha value is -2.29. The number of anilines is 1. The highest BCUT2D eigenvalue weighted by molar-refractivity contribution is 7.09. The molecule has 0 aliphatic heterocycles. The quantitative estimate of drug-likeness (QED) is 0.369. The molecule has 9 heteroatoms. The van der Waals surface area contributed by atoms with E-state index in [4.69, 9.17) is 0 Å². The first-order chi connectivity index (χ1) is 13.4. The number of rotatable bonds is 9. The van der Waals surface area contributed by atoms with E-state index in [0.29, 0.717) is 17.5 Å². The lowest BCUT2D eigenvalue weighted by atomic mass is 10.2. The molecule has 2 aromatic rings. The highest BCUT2D eigenvalue weighted by Crippen LogP contribution is 2.30. The molecule has 0 unspecified atom stereocenters. The second kappa shape index (κ2) is 10.9. The highest BCUT2D eigenvalue weighted by Gasteiger charge is 2.33. The molecule has 1 heterocycles. The second-order valence-corrected chi connectivity index (χ2v) is 7.15. The number of para-hydroxylation sites is 1. The number of guanidine groups is 1. The van der Waals surface area contributed by atoms with E-state index in [0.717, 1.165) is 42.6 Å². The number of nitrogens with one attached hydrogen (secondary N) is 2. The molecule has 28 heavy (non-hydrogen) atoms. The molecule has 0 saturated carbocycles. The zero-order chi connectivity index (χ0) is 20.4. The van der Waals surface area contributed by atoms with E-state index in [9.17, 15) is 13.2 Å². The standard InChI is InChI=1S/C19H26F3N5S/c1-3-23-18(25-13-17-26-16(14-28-17)19(20,21)22)24-11-7-8-12-27(2)15-9-5-4-6-10-15/h4-6,9-10,14H,3,7-8,11-13H2,1-2H3,(H2,23,24,25). The van der Waals surface area contributed by atoms with Crippen LogP contribution in [0.25, 0.3) is 0 Å². The summed E-state index contributed by atoms with van der Waals surface area (Å²) in [7, 11) is 2.07. The normalized spacial score (nSPS) is 12.1. The van der Waals surface area contributed by atoms with E-state index < -0.39 is 11.9 Å². The molecule has 0 amide bonds. The van der Waals surface area contributed by atoms with Crippen LogP contribution >= 0.6 is 11.3 Å². The van der Waals surface area contributed by atoms with Crippen molar-refractivity contribution in [3.05, 3.63) is 46.4 Å². The zero-order valence-electron chi connectivity index (χ0n) is 16.1. The summed E-state index contributed by atoms with van der Waals surface area (Å²) < 4.78 is 37.8. The number of nitrogens with zero attached hydrogens (tertiary/aromatic N) is 3. The lowest BCUT2D eigenvalue weighted by Gasteiger charge is -2.19. The fourth-order valence-corrected chi connectivity index (χ4v) is 3.22. The van der Waals surface area contributed by atoms with Crippen LogP contribution in [0.1, 0.15) is 30.5 Å². The minimum Gasteiger partial charge on any atom is -0.375 e. The smallest absolute Gasteiger partial charge is 0.375 e. The van der Waals surface area contributed by atoms with Crippen molar-refractivity contribution in [1.29, 1.82) is 0 Å². The summed E-state index contributed by atoms with van der Waals surface area (Å²) in [6, 6.07) is 10.2. The van der Waals surface area contributed by atoms with Gasteiger partial charge in [0.05, 0.1) is 6.54 Å². The molecule has 0 fully saturated rings. The van der Waals surface area contributed by atoms with Crippen molar-refractivity contribution in [3.63, 3.8) is 0 Å². The summed E-state index contributed by atoms with van der Waals surface area (Å²) >= 11 is 0.970. The molecule has 0 spiro atoms. The summed E-state index contributed by atoms with van der Waals surface area (Å²) in [6.07, 6.45) is -2.44. The molecule has 0 radical (unpaired) electrons. The van der Waals surface area contributed by atoms with Crippen LogP contribution < -0.4 is 15.5 Å².